The summed E-state index contributed by atoms with van der Waals surface area (Å²) in [6.07, 6.45) is 0.948. The highest BCUT2D eigenvalue weighted by Gasteiger charge is 2.03. The SMILES string of the molecule is CC[C@H](CO)NCc1ccc2ccccc2c1. The highest BCUT2D eigenvalue weighted by molar-refractivity contribution is 5.82. The van der Waals surface area contributed by atoms with Crippen molar-refractivity contribution in [2.75, 3.05) is 6.61 Å². The standard InChI is InChI=1S/C15H19NO/c1-2-15(11-17)16-10-12-7-8-13-5-3-4-6-14(13)9-12/h3-9,15-17H,2,10-11H2,1H3/t15-/m1/s1. The molecule has 0 aliphatic carbocycles. The molecule has 0 unspecified atom stereocenters. The van der Waals surface area contributed by atoms with Gasteiger partial charge in [0.05, 0.1) is 6.61 Å². The van der Waals surface area contributed by atoms with E-state index in [2.05, 4.69) is 54.7 Å². The van der Waals surface area contributed by atoms with E-state index in [4.69, 9.17) is 5.11 Å². The summed E-state index contributed by atoms with van der Waals surface area (Å²) in [4.78, 5) is 0. The highest BCUT2D eigenvalue weighted by atomic mass is 16.3. The summed E-state index contributed by atoms with van der Waals surface area (Å²) in [5, 5.41) is 15.0. The van der Waals surface area contributed by atoms with Gasteiger partial charge in [0.1, 0.15) is 0 Å². The Hall–Kier alpha value is -1.38. The third-order valence-corrected chi connectivity index (χ3v) is 3.12. The van der Waals surface area contributed by atoms with Crippen molar-refractivity contribution in [2.24, 2.45) is 0 Å². The molecule has 0 radical (unpaired) electrons. The molecule has 0 saturated heterocycles. The molecule has 0 aromatic heterocycles. The summed E-state index contributed by atoms with van der Waals surface area (Å²) >= 11 is 0. The monoisotopic (exact) mass is 229 g/mol. The van der Waals surface area contributed by atoms with E-state index in [1.165, 1.54) is 16.3 Å². The van der Waals surface area contributed by atoms with Gasteiger partial charge < -0.3 is 10.4 Å². The third-order valence-electron chi connectivity index (χ3n) is 3.12. The molecule has 90 valence electrons. The van der Waals surface area contributed by atoms with Gasteiger partial charge in [0.25, 0.3) is 0 Å². The van der Waals surface area contributed by atoms with Crippen molar-refractivity contribution in [1.82, 2.24) is 5.32 Å². The van der Waals surface area contributed by atoms with Crippen LogP contribution in [0.25, 0.3) is 10.8 Å². The van der Waals surface area contributed by atoms with Gasteiger partial charge in [-0.25, -0.2) is 0 Å². The third kappa shape index (κ3) is 3.05. The topological polar surface area (TPSA) is 32.3 Å². The molecule has 17 heavy (non-hydrogen) atoms. The minimum Gasteiger partial charge on any atom is -0.395 e. The van der Waals surface area contributed by atoms with Crippen LogP contribution >= 0.6 is 0 Å². The zero-order valence-corrected chi connectivity index (χ0v) is 10.2. The van der Waals surface area contributed by atoms with E-state index < -0.39 is 0 Å². The van der Waals surface area contributed by atoms with Gasteiger partial charge in [-0.15, -0.1) is 0 Å². The van der Waals surface area contributed by atoms with Crippen LogP contribution in [-0.2, 0) is 6.54 Å². The lowest BCUT2D eigenvalue weighted by molar-refractivity contribution is 0.238. The van der Waals surface area contributed by atoms with Crippen LogP contribution in [0.15, 0.2) is 42.5 Å². The molecule has 0 heterocycles. The second-order valence-electron chi connectivity index (χ2n) is 4.35. The number of fused-ring (bicyclic) bond motifs is 1. The number of nitrogens with one attached hydrogen (secondary N) is 1. The maximum Gasteiger partial charge on any atom is 0.0584 e. The lowest BCUT2D eigenvalue weighted by Crippen LogP contribution is -2.31. The number of aliphatic hydroxyl groups excluding tert-OH is 1. The first-order valence-electron chi connectivity index (χ1n) is 6.15. The van der Waals surface area contributed by atoms with Crippen molar-refractivity contribution < 1.29 is 5.11 Å². The second kappa shape index (κ2) is 5.80. The first-order chi connectivity index (χ1) is 8.33. The summed E-state index contributed by atoms with van der Waals surface area (Å²) in [6, 6.07) is 15.0. The van der Waals surface area contributed by atoms with Crippen LogP contribution in [0.1, 0.15) is 18.9 Å². The van der Waals surface area contributed by atoms with Crippen molar-refractivity contribution in [2.45, 2.75) is 25.9 Å². The van der Waals surface area contributed by atoms with Crippen LogP contribution < -0.4 is 5.32 Å². The molecule has 0 aliphatic heterocycles. The van der Waals surface area contributed by atoms with Crippen LogP contribution in [-0.4, -0.2) is 17.8 Å². The quantitative estimate of drug-likeness (QED) is 0.826. The van der Waals surface area contributed by atoms with Gasteiger partial charge in [-0.2, -0.15) is 0 Å². The minimum atomic E-state index is 0.196. The number of aliphatic hydroxyl groups is 1. The van der Waals surface area contributed by atoms with Gasteiger partial charge in [0.15, 0.2) is 0 Å². The molecular weight excluding hydrogens is 210 g/mol. The average molecular weight is 229 g/mol. The maximum atomic E-state index is 9.11. The average Bonchev–Trinajstić information content (AvgIpc) is 2.40. The molecule has 2 heteroatoms. The number of hydrogen-bond donors (Lipinski definition) is 2. The molecule has 0 saturated carbocycles. The predicted octanol–water partition coefficient (Wildman–Crippen LogP) is 2.70. The fourth-order valence-corrected chi connectivity index (χ4v) is 1.95. The summed E-state index contributed by atoms with van der Waals surface area (Å²) in [5.41, 5.74) is 1.26. The van der Waals surface area contributed by atoms with Gasteiger partial charge in [0, 0.05) is 12.6 Å². The molecule has 2 nitrogen and oxygen atoms in total. The molecule has 2 aromatic carbocycles. The van der Waals surface area contributed by atoms with E-state index >= 15 is 0 Å². The molecule has 2 N–H and O–H groups in total. The zero-order chi connectivity index (χ0) is 12.1. The molecule has 2 rings (SSSR count). The Bertz CT molecular complexity index is 477. The Morgan fingerprint density at radius 2 is 1.88 bits per heavy atom. The number of hydrogen-bond acceptors (Lipinski definition) is 2. The Kier molecular flexibility index (Phi) is 4.13. The van der Waals surface area contributed by atoms with E-state index in [0.29, 0.717) is 0 Å². The van der Waals surface area contributed by atoms with Gasteiger partial charge in [-0.3, -0.25) is 0 Å². The fraction of sp³-hybridized carbons (Fsp3) is 0.333. The zero-order valence-electron chi connectivity index (χ0n) is 10.2. The lowest BCUT2D eigenvalue weighted by atomic mass is 10.1. The van der Waals surface area contributed by atoms with Gasteiger partial charge >= 0.3 is 0 Å². The highest BCUT2D eigenvalue weighted by Crippen LogP contribution is 2.15. The van der Waals surface area contributed by atoms with Crippen LogP contribution in [0.3, 0.4) is 0 Å². The Morgan fingerprint density at radius 1 is 1.12 bits per heavy atom. The van der Waals surface area contributed by atoms with Crippen molar-refractivity contribution in [3.8, 4) is 0 Å². The lowest BCUT2D eigenvalue weighted by Gasteiger charge is -2.14. The van der Waals surface area contributed by atoms with E-state index in [-0.39, 0.29) is 12.6 Å². The first-order valence-corrected chi connectivity index (χ1v) is 6.15. The number of benzene rings is 2. The van der Waals surface area contributed by atoms with Crippen molar-refractivity contribution in [3.05, 3.63) is 48.0 Å². The molecule has 1 atom stereocenters. The molecule has 2 aromatic rings. The van der Waals surface area contributed by atoms with Crippen molar-refractivity contribution in [3.63, 3.8) is 0 Å². The predicted molar refractivity (Wildman–Crippen MR) is 72.0 cm³/mol. The van der Waals surface area contributed by atoms with Crippen LogP contribution in [0.2, 0.25) is 0 Å². The Balaban J connectivity index is 2.09. The first kappa shape index (κ1) is 12.1. The summed E-state index contributed by atoms with van der Waals surface area (Å²) in [6.45, 7) is 3.09. The van der Waals surface area contributed by atoms with Crippen molar-refractivity contribution >= 4 is 10.8 Å². The Labute approximate surface area is 102 Å². The van der Waals surface area contributed by atoms with Crippen LogP contribution in [0.5, 0.6) is 0 Å². The Morgan fingerprint density at radius 3 is 2.59 bits per heavy atom. The van der Waals surface area contributed by atoms with Gasteiger partial charge in [0.2, 0.25) is 0 Å². The summed E-state index contributed by atoms with van der Waals surface area (Å²) in [5.74, 6) is 0. The second-order valence-corrected chi connectivity index (χ2v) is 4.35. The fourth-order valence-electron chi connectivity index (χ4n) is 1.95. The summed E-state index contributed by atoms with van der Waals surface area (Å²) < 4.78 is 0. The minimum absolute atomic E-state index is 0.196. The molecule has 0 fully saturated rings. The smallest absolute Gasteiger partial charge is 0.0584 e. The van der Waals surface area contributed by atoms with E-state index in [9.17, 15) is 0 Å². The van der Waals surface area contributed by atoms with Crippen LogP contribution in [0, 0.1) is 0 Å². The molecule has 0 spiro atoms. The van der Waals surface area contributed by atoms with E-state index in [1.54, 1.807) is 0 Å². The normalized spacial score (nSPS) is 12.8. The largest absolute Gasteiger partial charge is 0.395 e. The van der Waals surface area contributed by atoms with Gasteiger partial charge in [-0.1, -0.05) is 43.3 Å². The van der Waals surface area contributed by atoms with E-state index in [1.807, 2.05) is 0 Å². The van der Waals surface area contributed by atoms with Crippen molar-refractivity contribution in [1.29, 1.82) is 0 Å². The molecular formula is C15H19NO. The summed E-state index contributed by atoms with van der Waals surface area (Å²) in [7, 11) is 0. The van der Waals surface area contributed by atoms with Gasteiger partial charge in [-0.05, 0) is 28.8 Å². The maximum absolute atomic E-state index is 9.11. The molecule has 0 bridgehead atoms. The molecule has 0 aliphatic rings. The number of rotatable bonds is 5. The van der Waals surface area contributed by atoms with E-state index in [0.717, 1.165) is 13.0 Å². The van der Waals surface area contributed by atoms with Crippen LogP contribution in [0.4, 0.5) is 0 Å². The molecule has 0 amide bonds.